The molecule has 1 aromatic carbocycles. The summed E-state index contributed by atoms with van der Waals surface area (Å²) in [6.45, 7) is 6.32. The lowest BCUT2D eigenvalue weighted by Gasteiger charge is -2.43. The molecule has 7 heteroatoms. The fraction of sp³-hybridized carbons (Fsp3) is 0.625. The van der Waals surface area contributed by atoms with Crippen molar-refractivity contribution in [2.75, 3.05) is 39.9 Å². The van der Waals surface area contributed by atoms with Gasteiger partial charge < -0.3 is 15.2 Å². The van der Waals surface area contributed by atoms with Crippen LogP contribution in [0.4, 0.5) is 8.78 Å². The molecule has 1 atom stereocenters. The Kier molecular flexibility index (Phi) is 7.20. The molecule has 4 nitrogen and oxygen atoms in total. The van der Waals surface area contributed by atoms with Gasteiger partial charge in [0.05, 0.1) is 7.11 Å². The van der Waals surface area contributed by atoms with Crippen molar-refractivity contribution in [2.24, 2.45) is 5.41 Å². The fourth-order valence-electron chi connectivity index (χ4n) is 3.05. The molecule has 0 bridgehead atoms. The predicted molar refractivity (Wildman–Crippen MR) is 88.2 cm³/mol. The highest BCUT2D eigenvalue weighted by Gasteiger charge is 2.39. The summed E-state index contributed by atoms with van der Waals surface area (Å²) in [5, 5.41) is 13.0. The van der Waals surface area contributed by atoms with Gasteiger partial charge in [-0.25, -0.2) is 8.78 Å². The normalized spacial score (nSPS) is 17.5. The number of nitrogens with zero attached hydrogens (tertiary/aromatic N) is 1. The van der Waals surface area contributed by atoms with E-state index in [0.717, 1.165) is 13.1 Å². The second-order valence-electron chi connectivity index (χ2n) is 6.31. The molecule has 2 N–H and O–H groups in total. The van der Waals surface area contributed by atoms with Crippen molar-refractivity contribution in [2.45, 2.75) is 19.9 Å². The summed E-state index contributed by atoms with van der Waals surface area (Å²) < 4.78 is 34.1. The molecule has 0 aliphatic carbocycles. The molecule has 1 saturated heterocycles. The van der Waals surface area contributed by atoms with Crippen LogP contribution < -0.4 is 10.1 Å². The van der Waals surface area contributed by atoms with Gasteiger partial charge in [-0.2, -0.15) is 0 Å². The number of hydrogen-bond acceptors (Lipinski definition) is 4. The van der Waals surface area contributed by atoms with Crippen molar-refractivity contribution < 1.29 is 18.6 Å². The molecule has 0 amide bonds. The molecule has 0 radical (unpaired) electrons. The van der Waals surface area contributed by atoms with Gasteiger partial charge in [-0.3, -0.25) is 4.90 Å². The predicted octanol–water partition coefficient (Wildman–Crippen LogP) is 2.36. The zero-order valence-corrected chi connectivity index (χ0v) is 14.6. The third kappa shape index (κ3) is 4.12. The van der Waals surface area contributed by atoms with E-state index in [1.807, 2.05) is 18.7 Å². The van der Waals surface area contributed by atoms with Crippen LogP contribution >= 0.6 is 12.4 Å². The minimum absolute atomic E-state index is 0. The maximum atomic E-state index is 14.7. The van der Waals surface area contributed by atoms with Gasteiger partial charge in [0, 0.05) is 49.8 Å². The van der Waals surface area contributed by atoms with Crippen molar-refractivity contribution in [1.82, 2.24) is 10.2 Å². The third-order valence-corrected chi connectivity index (χ3v) is 4.25. The zero-order valence-electron chi connectivity index (χ0n) is 13.7. The van der Waals surface area contributed by atoms with Crippen molar-refractivity contribution in [3.63, 3.8) is 0 Å². The van der Waals surface area contributed by atoms with Crippen LogP contribution in [0.1, 0.15) is 25.5 Å². The summed E-state index contributed by atoms with van der Waals surface area (Å²) in [4.78, 5) is 2.02. The quantitative estimate of drug-likeness (QED) is 0.855. The molecule has 1 aromatic rings. The lowest BCUT2D eigenvalue weighted by molar-refractivity contribution is 0.0263. The molecular weight excluding hydrogens is 326 g/mol. The molecule has 1 fully saturated rings. The molecule has 1 aliphatic heterocycles. The van der Waals surface area contributed by atoms with Crippen molar-refractivity contribution >= 4 is 12.4 Å². The lowest BCUT2D eigenvalue weighted by Crippen LogP contribution is -2.50. The molecule has 0 unspecified atom stereocenters. The van der Waals surface area contributed by atoms with E-state index in [-0.39, 0.29) is 30.3 Å². The number of benzene rings is 1. The molecule has 1 aliphatic rings. The number of piperazine rings is 1. The van der Waals surface area contributed by atoms with Crippen LogP contribution in [0, 0.1) is 17.0 Å². The monoisotopic (exact) mass is 350 g/mol. The summed E-state index contributed by atoms with van der Waals surface area (Å²) in [6, 6.07) is 1.95. The first-order valence-corrected chi connectivity index (χ1v) is 7.50. The Morgan fingerprint density at radius 1 is 1.30 bits per heavy atom. The number of hydrogen-bond donors (Lipinski definition) is 2. The van der Waals surface area contributed by atoms with Gasteiger partial charge in [-0.15, -0.1) is 12.4 Å². The Bertz CT molecular complexity index is 523. The first kappa shape index (κ1) is 20.1. The average Bonchev–Trinajstić information content (AvgIpc) is 2.52. The van der Waals surface area contributed by atoms with E-state index in [9.17, 15) is 13.9 Å². The van der Waals surface area contributed by atoms with Gasteiger partial charge in [0.2, 0.25) is 0 Å². The van der Waals surface area contributed by atoms with Crippen LogP contribution in [0.5, 0.6) is 5.75 Å². The second kappa shape index (κ2) is 8.24. The molecule has 23 heavy (non-hydrogen) atoms. The van der Waals surface area contributed by atoms with Gasteiger partial charge >= 0.3 is 0 Å². The third-order valence-electron chi connectivity index (χ3n) is 4.25. The largest absolute Gasteiger partial charge is 0.494 e. The van der Waals surface area contributed by atoms with Crippen molar-refractivity contribution in [3.05, 3.63) is 29.3 Å². The van der Waals surface area contributed by atoms with Crippen LogP contribution in [0.2, 0.25) is 0 Å². The highest BCUT2D eigenvalue weighted by atomic mass is 35.5. The minimum Gasteiger partial charge on any atom is -0.494 e. The highest BCUT2D eigenvalue weighted by molar-refractivity contribution is 5.85. The summed E-state index contributed by atoms with van der Waals surface area (Å²) in [6.07, 6.45) is 0. The van der Waals surface area contributed by atoms with E-state index in [0.29, 0.717) is 13.1 Å². The van der Waals surface area contributed by atoms with Crippen molar-refractivity contribution in [3.8, 4) is 5.75 Å². The van der Waals surface area contributed by atoms with Gasteiger partial charge in [0.15, 0.2) is 11.6 Å². The molecule has 0 aromatic heterocycles. The topological polar surface area (TPSA) is 44.7 Å². The molecule has 1 heterocycles. The molecular formula is C16H25ClF2N2O2. The highest BCUT2D eigenvalue weighted by Crippen LogP contribution is 2.42. The Balaban J connectivity index is 0.00000264. The molecule has 2 rings (SSSR count). The number of ether oxygens (including phenoxy) is 1. The fourth-order valence-corrected chi connectivity index (χ4v) is 3.05. The Morgan fingerprint density at radius 2 is 1.91 bits per heavy atom. The Labute approximate surface area is 142 Å². The number of methoxy groups -OCH3 is 1. The standard InChI is InChI=1S/C16H24F2N2O2.ClH/c1-16(2,10-21)15(20-8-6-19-7-9-20)13-11(17)4-5-12(22-3)14(13)18;/h4-5,15,19,21H,6-10H2,1-3H3;1H/t15-;/m0./s1. The summed E-state index contributed by atoms with van der Waals surface area (Å²) in [7, 11) is 1.36. The summed E-state index contributed by atoms with van der Waals surface area (Å²) in [5.74, 6) is -1.28. The maximum Gasteiger partial charge on any atom is 0.172 e. The number of halogens is 3. The number of rotatable bonds is 5. The Morgan fingerprint density at radius 3 is 2.43 bits per heavy atom. The van der Waals surface area contributed by atoms with E-state index in [1.54, 1.807) is 0 Å². The first-order valence-electron chi connectivity index (χ1n) is 7.50. The van der Waals surface area contributed by atoms with Crippen molar-refractivity contribution in [1.29, 1.82) is 0 Å². The van der Waals surface area contributed by atoms with Gasteiger partial charge in [-0.1, -0.05) is 13.8 Å². The van der Waals surface area contributed by atoms with E-state index < -0.39 is 23.1 Å². The SMILES string of the molecule is COc1ccc(F)c([C@H](N2CCNCC2)C(C)(C)CO)c1F.Cl. The lowest BCUT2D eigenvalue weighted by atomic mass is 9.79. The van der Waals surface area contributed by atoms with E-state index in [4.69, 9.17) is 4.74 Å². The zero-order chi connectivity index (χ0) is 16.3. The molecule has 0 saturated carbocycles. The smallest absolute Gasteiger partial charge is 0.172 e. The molecule has 0 spiro atoms. The molecule has 132 valence electrons. The Hall–Kier alpha value is -0.950. The van der Waals surface area contributed by atoms with Gasteiger partial charge in [-0.05, 0) is 12.1 Å². The number of nitrogens with one attached hydrogen (secondary N) is 1. The minimum atomic E-state index is -0.689. The van der Waals surface area contributed by atoms with E-state index in [2.05, 4.69) is 5.32 Å². The van der Waals surface area contributed by atoms with Gasteiger partial charge in [0.1, 0.15) is 5.82 Å². The summed E-state index contributed by atoms with van der Waals surface area (Å²) in [5.41, 5.74) is -0.717. The van der Waals surface area contributed by atoms with Crippen LogP contribution in [0.15, 0.2) is 12.1 Å². The first-order chi connectivity index (χ1) is 10.4. The number of aliphatic hydroxyl groups is 1. The summed E-state index contributed by atoms with van der Waals surface area (Å²) >= 11 is 0. The van der Waals surface area contributed by atoms with E-state index >= 15 is 0 Å². The maximum absolute atomic E-state index is 14.7. The van der Waals surface area contributed by atoms with Gasteiger partial charge in [0.25, 0.3) is 0 Å². The van der Waals surface area contributed by atoms with Crippen LogP contribution in [-0.4, -0.2) is 49.9 Å². The van der Waals surface area contributed by atoms with Crippen LogP contribution in [-0.2, 0) is 0 Å². The van der Waals surface area contributed by atoms with Crippen LogP contribution in [0.25, 0.3) is 0 Å². The van der Waals surface area contributed by atoms with E-state index in [1.165, 1.54) is 19.2 Å². The van der Waals surface area contributed by atoms with Crippen LogP contribution in [0.3, 0.4) is 0 Å². The number of aliphatic hydroxyl groups excluding tert-OH is 1. The second-order valence-corrected chi connectivity index (χ2v) is 6.31. The average molecular weight is 351 g/mol.